The molecule has 0 rings (SSSR count). The van der Waals surface area contributed by atoms with Gasteiger partial charge in [-0.15, -0.1) is 0 Å². The van der Waals surface area contributed by atoms with Gasteiger partial charge < -0.3 is 20.4 Å². The number of hydrogen-bond donors (Lipinski definition) is 2. The smallest absolute Gasteiger partial charge is 0.371 e. The zero-order valence-corrected chi connectivity index (χ0v) is 15.0. The Bertz CT molecular complexity index is 315. The summed E-state index contributed by atoms with van der Waals surface area (Å²) in [5.41, 5.74) is 0. The quantitative estimate of drug-likeness (QED) is 0.361. The van der Waals surface area contributed by atoms with Crippen LogP contribution in [0.25, 0.3) is 0 Å². The van der Waals surface area contributed by atoms with E-state index in [4.69, 9.17) is 24.5 Å². The number of ether oxygens (including phenoxy) is 1. The molecule has 0 spiro atoms. The maximum Gasteiger partial charge on any atom is 0.371 e. The zero-order valence-electron chi connectivity index (χ0n) is 15.0. The molecule has 0 bridgehead atoms. The number of aliphatic carboxylic acids is 1. The van der Waals surface area contributed by atoms with Gasteiger partial charge in [0.25, 0.3) is 0 Å². The van der Waals surface area contributed by atoms with Gasteiger partial charge in [0, 0.05) is 0 Å². The predicted molar refractivity (Wildman–Crippen MR) is 89.7 cm³/mol. The number of carboxylic acids is 1. The monoisotopic (exact) mass is 352 g/mol. The Morgan fingerprint density at radius 1 is 1.00 bits per heavy atom. The van der Waals surface area contributed by atoms with E-state index < -0.39 is 11.9 Å². The summed E-state index contributed by atoms with van der Waals surface area (Å²) < 4.78 is 4.69. The molecule has 24 heavy (non-hydrogen) atoms. The van der Waals surface area contributed by atoms with Gasteiger partial charge in [0.2, 0.25) is 12.6 Å². The van der Waals surface area contributed by atoms with E-state index in [1.165, 1.54) is 6.42 Å². The van der Waals surface area contributed by atoms with Gasteiger partial charge in [0.1, 0.15) is 0 Å². The molecule has 0 radical (unpaired) electrons. The number of unbranched alkanes of at least 4 members (excludes halogenated alkanes) is 2. The van der Waals surface area contributed by atoms with E-state index in [0.29, 0.717) is 0 Å². The number of carboxylic acid groups (broad SMARTS) is 1. The Kier molecular flexibility index (Phi) is 29.5. The van der Waals surface area contributed by atoms with Gasteiger partial charge in [0.05, 0.1) is 12.2 Å². The van der Waals surface area contributed by atoms with Gasteiger partial charge in [-0.3, -0.25) is 9.59 Å². The second-order valence-electron chi connectivity index (χ2n) is 4.95. The number of rotatable bonds is 9. The van der Waals surface area contributed by atoms with Crippen molar-refractivity contribution in [1.82, 2.24) is 0 Å². The molecule has 8 heteroatoms. The van der Waals surface area contributed by atoms with Crippen molar-refractivity contribution >= 4 is 24.5 Å². The summed E-state index contributed by atoms with van der Waals surface area (Å²) in [6.07, 6.45) is 6.01. The molecule has 0 aliphatic heterocycles. The minimum Gasteiger partial charge on any atom is -0.476 e. The van der Waals surface area contributed by atoms with Gasteiger partial charge in [-0.2, -0.15) is 0 Å². The van der Waals surface area contributed by atoms with Crippen molar-refractivity contribution in [2.45, 2.75) is 78.4 Å². The number of carbonyl (C=O) groups excluding carboxylic acids is 3. The van der Waals surface area contributed by atoms with Crippen LogP contribution >= 0.6 is 0 Å². The third-order valence-electron chi connectivity index (χ3n) is 2.45. The average Bonchev–Trinajstić information content (AvgIpc) is 2.51. The summed E-state index contributed by atoms with van der Waals surface area (Å²) in [6, 6.07) is 0. The Balaban J connectivity index is -0.000000133. The van der Waals surface area contributed by atoms with Gasteiger partial charge >= 0.3 is 11.9 Å². The Labute approximate surface area is 143 Å². The van der Waals surface area contributed by atoms with Gasteiger partial charge in [-0.05, 0) is 26.7 Å². The third kappa shape index (κ3) is 36.9. The lowest BCUT2D eigenvalue weighted by molar-refractivity contribution is -0.152. The maximum absolute atomic E-state index is 10.4. The molecule has 2 unspecified atom stereocenters. The van der Waals surface area contributed by atoms with Crippen LogP contribution in [0, 0.1) is 0 Å². The van der Waals surface area contributed by atoms with Crippen molar-refractivity contribution in [2.24, 2.45) is 0 Å². The summed E-state index contributed by atoms with van der Waals surface area (Å²) in [6.45, 7) is 7.81. The number of hydrogen-bond acceptors (Lipinski definition) is 6. The molecule has 2 atom stereocenters. The summed E-state index contributed by atoms with van der Waals surface area (Å²) in [5.74, 6) is -2.20. The fraction of sp³-hybridized carbons (Fsp3) is 0.750. The molecule has 0 aliphatic carbocycles. The van der Waals surface area contributed by atoms with Crippen LogP contribution in [0.5, 0.6) is 0 Å². The lowest BCUT2D eigenvalue weighted by Crippen LogP contribution is -2.15. The van der Waals surface area contributed by atoms with Crippen LogP contribution in [0.2, 0.25) is 0 Å². The summed E-state index contributed by atoms with van der Waals surface area (Å²) in [5, 5.41) is 16.0. The van der Waals surface area contributed by atoms with Gasteiger partial charge in [-0.25, -0.2) is 9.59 Å². The number of aliphatic hydroxyl groups excluding tert-OH is 1. The van der Waals surface area contributed by atoms with E-state index in [2.05, 4.69) is 13.8 Å². The molecule has 0 heterocycles. The normalized spacial score (nSPS) is 11.0. The van der Waals surface area contributed by atoms with Gasteiger partial charge in [0.15, 0.2) is 0 Å². The first kappa shape index (κ1) is 30.1. The highest BCUT2D eigenvalue weighted by Crippen LogP contribution is 2.03. The number of esters is 1. The summed E-state index contributed by atoms with van der Waals surface area (Å²) in [7, 11) is 0. The molecule has 0 fully saturated rings. The van der Waals surface area contributed by atoms with Crippen molar-refractivity contribution < 1.29 is 39.6 Å². The maximum atomic E-state index is 10.4. The number of aliphatic hydroxyl groups is 1. The number of aldehydes is 2. The first-order valence-electron chi connectivity index (χ1n) is 7.76. The lowest BCUT2D eigenvalue weighted by Gasteiger charge is -2.09. The molecule has 0 saturated heterocycles. The molecule has 0 aromatic heterocycles. The van der Waals surface area contributed by atoms with Crippen LogP contribution in [0.3, 0.4) is 0 Å². The first-order valence-corrected chi connectivity index (χ1v) is 7.76. The topological polar surface area (TPSA) is 149 Å². The molecule has 0 saturated carbocycles. The van der Waals surface area contributed by atoms with Crippen LogP contribution in [-0.4, -0.2) is 52.4 Å². The predicted octanol–water partition coefficient (Wildman–Crippen LogP) is 1.31. The van der Waals surface area contributed by atoms with E-state index in [9.17, 15) is 9.59 Å². The van der Waals surface area contributed by atoms with Crippen molar-refractivity contribution in [1.29, 1.82) is 0 Å². The van der Waals surface area contributed by atoms with E-state index in [1.54, 1.807) is 6.92 Å². The van der Waals surface area contributed by atoms with Crippen molar-refractivity contribution in [3.63, 3.8) is 0 Å². The highest BCUT2D eigenvalue weighted by molar-refractivity contribution is 6.20. The van der Waals surface area contributed by atoms with Crippen LogP contribution in [0.15, 0.2) is 0 Å². The van der Waals surface area contributed by atoms with Crippen LogP contribution < -0.4 is 0 Å². The Morgan fingerprint density at radius 3 is 1.67 bits per heavy atom. The molecule has 0 aromatic rings. The molecule has 0 aliphatic rings. The molecular formula is C16H32O8. The summed E-state index contributed by atoms with van der Waals surface area (Å²) >= 11 is 0. The van der Waals surface area contributed by atoms with E-state index >= 15 is 0 Å². The minimum atomic E-state index is -1.43. The highest BCUT2D eigenvalue weighted by Gasteiger charge is 2.06. The summed E-state index contributed by atoms with van der Waals surface area (Å²) in [4.78, 5) is 38.1. The van der Waals surface area contributed by atoms with E-state index in [1.807, 2.05) is 6.92 Å². The van der Waals surface area contributed by atoms with E-state index in [0.717, 1.165) is 32.1 Å². The molecule has 0 aromatic carbocycles. The molecule has 8 nitrogen and oxygen atoms in total. The van der Waals surface area contributed by atoms with E-state index in [-0.39, 0.29) is 30.3 Å². The van der Waals surface area contributed by atoms with Crippen LogP contribution in [0.1, 0.15) is 66.2 Å². The average molecular weight is 352 g/mol. The molecule has 0 amide bonds. The van der Waals surface area contributed by atoms with Crippen molar-refractivity contribution in [2.75, 3.05) is 0 Å². The first-order chi connectivity index (χ1) is 10.7. The Morgan fingerprint density at radius 2 is 1.42 bits per heavy atom. The van der Waals surface area contributed by atoms with Gasteiger partial charge in [-0.1, -0.05) is 39.5 Å². The van der Waals surface area contributed by atoms with Crippen LogP contribution in [0.4, 0.5) is 0 Å². The van der Waals surface area contributed by atoms with Crippen LogP contribution in [-0.2, 0) is 23.9 Å². The second-order valence-corrected chi connectivity index (χ2v) is 4.95. The SMILES string of the molecule is CCCCC(C)O.CCCCC(C)OC(=O)C=O.O.O=CC(=O)O. The lowest BCUT2D eigenvalue weighted by atomic mass is 10.2. The van der Waals surface area contributed by atoms with Crippen molar-refractivity contribution in [3.05, 3.63) is 0 Å². The van der Waals surface area contributed by atoms with Crippen molar-refractivity contribution in [3.8, 4) is 0 Å². The highest BCUT2D eigenvalue weighted by atomic mass is 16.5. The Hall–Kier alpha value is -1.80. The second kappa shape index (κ2) is 23.5. The fourth-order valence-electron chi connectivity index (χ4n) is 1.28. The molecule has 4 N–H and O–H groups in total. The third-order valence-corrected chi connectivity index (χ3v) is 2.45. The largest absolute Gasteiger partial charge is 0.476 e. The zero-order chi connectivity index (χ0) is 18.7. The standard InChI is InChI=1S/C8H14O3.C6H14O.C2H2O3.H2O/c1-3-4-5-7(2)11-8(10)6-9;1-3-4-5-6(2)7;3-1-2(4)5;/h6-7H,3-5H2,1-2H3;6-7H,3-5H2,1-2H3;1H,(H,4,5);1H2. The molecular weight excluding hydrogens is 320 g/mol. The fourth-order valence-corrected chi connectivity index (χ4v) is 1.28. The number of carbonyl (C=O) groups is 4. The minimum absolute atomic E-state index is 0. The molecule has 144 valence electrons.